The van der Waals surface area contributed by atoms with Crippen LogP contribution in [0.15, 0.2) is 0 Å². The van der Waals surface area contributed by atoms with Crippen molar-refractivity contribution in [2.45, 2.75) is 41.5 Å². The second-order valence-corrected chi connectivity index (χ2v) is 2.58. The molecule has 0 aliphatic carbocycles. The molecule has 0 saturated carbocycles. The van der Waals surface area contributed by atoms with Gasteiger partial charge in [-0.05, 0) is 13.8 Å². The number of benzene rings is 1. The number of hydrogen-bond donors (Lipinski definition) is 2. The van der Waals surface area contributed by atoms with Crippen molar-refractivity contribution in [3.8, 4) is 11.5 Å². The zero-order valence-electron chi connectivity index (χ0n) is 10.7. The van der Waals surface area contributed by atoms with E-state index >= 15 is 0 Å². The lowest BCUT2D eigenvalue weighted by molar-refractivity contribution is 0.369. The fourth-order valence-corrected chi connectivity index (χ4v) is 0.892. The Labute approximate surface area is 95.6 Å². The SMILES string of the molecule is CC.CC.Cc1c(C)c(O)c(F)c(F)c1O. The van der Waals surface area contributed by atoms with Crippen LogP contribution in [0.2, 0.25) is 0 Å². The molecule has 0 aliphatic heterocycles. The summed E-state index contributed by atoms with van der Waals surface area (Å²) in [7, 11) is 0. The van der Waals surface area contributed by atoms with Crippen LogP contribution in [0.25, 0.3) is 0 Å². The Bertz CT molecular complexity index is 231. The largest absolute Gasteiger partial charge is 0.505 e. The summed E-state index contributed by atoms with van der Waals surface area (Å²) < 4.78 is 25.3. The highest BCUT2D eigenvalue weighted by Gasteiger charge is 2.18. The Morgan fingerprint density at radius 1 is 0.688 bits per heavy atom. The Balaban J connectivity index is 0. The van der Waals surface area contributed by atoms with Crippen LogP contribution >= 0.6 is 0 Å². The normalized spacial score (nSPS) is 8.50. The third-order valence-electron chi connectivity index (χ3n) is 1.88. The van der Waals surface area contributed by atoms with E-state index in [9.17, 15) is 8.78 Å². The van der Waals surface area contributed by atoms with E-state index in [4.69, 9.17) is 10.2 Å². The molecule has 0 atom stereocenters. The average molecular weight is 234 g/mol. The van der Waals surface area contributed by atoms with Gasteiger partial charge in [-0.25, -0.2) is 0 Å². The number of hydrogen-bond acceptors (Lipinski definition) is 2. The van der Waals surface area contributed by atoms with Gasteiger partial charge in [0.1, 0.15) is 0 Å². The zero-order chi connectivity index (χ0) is 13.5. The van der Waals surface area contributed by atoms with E-state index < -0.39 is 23.1 Å². The number of halogens is 2. The van der Waals surface area contributed by atoms with Crippen LogP contribution in [0.4, 0.5) is 8.78 Å². The lowest BCUT2D eigenvalue weighted by Gasteiger charge is -2.07. The van der Waals surface area contributed by atoms with Crippen molar-refractivity contribution in [3.05, 3.63) is 22.8 Å². The van der Waals surface area contributed by atoms with Crippen molar-refractivity contribution in [1.82, 2.24) is 0 Å². The second kappa shape index (κ2) is 7.91. The molecule has 94 valence electrons. The van der Waals surface area contributed by atoms with Crippen LogP contribution in [0, 0.1) is 25.5 Å². The van der Waals surface area contributed by atoms with E-state index in [-0.39, 0.29) is 11.1 Å². The third-order valence-corrected chi connectivity index (χ3v) is 1.88. The van der Waals surface area contributed by atoms with E-state index in [1.54, 1.807) is 0 Å². The number of phenolic OH excluding ortho intramolecular Hbond substituents is 2. The Hall–Kier alpha value is -1.32. The van der Waals surface area contributed by atoms with Crippen LogP contribution in [0.1, 0.15) is 38.8 Å². The highest BCUT2D eigenvalue weighted by molar-refractivity contribution is 5.47. The Kier molecular flexibility index (Phi) is 8.44. The molecule has 0 radical (unpaired) electrons. The van der Waals surface area contributed by atoms with Gasteiger partial charge in [0.05, 0.1) is 0 Å². The number of rotatable bonds is 0. The molecule has 0 bridgehead atoms. The summed E-state index contributed by atoms with van der Waals surface area (Å²) in [6.07, 6.45) is 0. The highest BCUT2D eigenvalue weighted by Crippen LogP contribution is 2.33. The zero-order valence-corrected chi connectivity index (χ0v) is 10.7. The average Bonchev–Trinajstić information content (AvgIpc) is 2.36. The van der Waals surface area contributed by atoms with Crippen molar-refractivity contribution in [2.75, 3.05) is 0 Å². The summed E-state index contributed by atoms with van der Waals surface area (Å²) in [5.41, 5.74) is 0.290. The third kappa shape index (κ3) is 3.36. The van der Waals surface area contributed by atoms with Crippen LogP contribution in [-0.2, 0) is 0 Å². The van der Waals surface area contributed by atoms with E-state index in [1.165, 1.54) is 13.8 Å². The first-order valence-corrected chi connectivity index (χ1v) is 5.33. The molecule has 1 rings (SSSR count). The fraction of sp³-hybridized carbons (Fsp3) is 0.500. The molecule has 2 nitrogen and oxygen atoms in total. The van der Waals surface area contributed by atoms with Crippen molar-refractivity contribution < 1.29 is 19.0 Å². The second-order valence-electron chi connectivity index (χ2n) is 2.58. The molecule has 0 aromatic heterocycles. The topological polar surface area (TPSA) is 40.5 Å². The quantitative estimate of drug-likeness (QED) is 0.665. The molecule has 0 unspecified atom stereocenters. The van der Waals surface area contributed by atoms with Gasteiger partial charge in [0.25, 0.3) is 0 Å². The minimum absolute atomic E-state index is 0.145. The first kappa shape index (κ1) is 17.1. The van der Waals surface area contributed by atoms with Gasteiger partial charge >= 0.3 is 0 Å². The number of aromatic hydroxyl groups is 2. The van der Waals surface area contributed by atoms with Crippen molar-refractivity contribution in [2.24, 2.45) is 0 Å². The molecular weight excluding hydrogens is 214 g/mol. The van der Waals surface area contributed by atoms with Gasteiger partial charge in [-0.3, -0.25) is 0 Å². The minimum Gasteiger partial charge on any atom is -0.505 e. The molecule has 1 aromatic rings. The van der Waals surface area contributed by atoms with Crippen LogP contribution in [0.5, 0.6) is 11.5 Å². The standard InChI is InChI=1S/C8H8F2O2.2C2H6/c1-3-4(2)8(12)6(10)5(9)7(3)11;2*1-2/h11-12H,1-2H3;2*1-2H3. The predicted molar refractivity (Wildman–Crippen MR) is 61.9 cm³/mol. The maximum atomic E-state index is 12.6. The predicted octanol–water partition coefficient (Wildman–Crippen LogP) is 4.05. The molecule has 0 fully saturated rings. The van der Waals surface area contributed by atoms with Gasteiger partial charge in [0.15, 0.2) is 11.5 Å². The monoisotopic (exact) mass is 234 g/mol. The molecule has 0 spiro atoms. The first-order valence-electron chi connectivity index (χ1n) is 5.33. The summed E-state index contributed by atoms with van der Waals surface area (Å²) in [6.45, 7) is 10.8. The van der Waals surface area contributed by atoms with Gasteiger partial charge in [-0.1, -0.05) is 27.7 Å². The van der Waals surface area contributed by atoms with Gasteiger partial charge in [-0.15, -0.1) is 0 Å². The van der Waals surface area contributed by atoms with E-state index in [2.05, 4.69) is 0 Å². The molecule has 0 heterocycles. The van der Waals surface area contributed by atoms with E-state index in [0.29, 0.717) is 0 Å². The molecule has 0 amide bonds. The summed E-state index contributed by atoms with van der Waals surface area (Å²) in [5, 5.41) is 17.9. The highest BCUT2D eigenvalue weighted by atomic mass is 19.2. The van der Waals surface area contributed by atoms with Crippen LogP contribution < -0.4 is 0 Å². The molecule has 4 heteroatoms. The molecule has 0 saturated heterocycles. The van der Waals surface area contributed by atoms with E-state index in [0.717, 1.165) is 0 Å². The van der Waals surface area contributed by atoms with Crippen molar-refractivity contribution in [1.29, 1.82) is 0 Å². The maximum Gasteiger partial charge on any atom is 0.204 e. The first-order chi connectivity index (χ1) is 7.46. The summed E-state index contributed by atoms with van der Waals surface area (Å²) in [5.74, 6) is -4.31. The molecule has 0 aliphatic rings. The summed E-state index contributed by atoms with van der Waals surface area (Å²) in [4.78, 5) is 0. The summed E-state index contributed by atoms with van der Waals surface area (Å²) >= 11 is 0. The van der Waals surface area contributed by atoms with Crippen LogP contribution in [0.3, 0.4) is 0 Å². The van der Waals surface area contributed by atoms with E-state index in [1.807, 2.05) is 27.7 Å². The maximum absolute atomic E-state index is 12.6. The molecule has 16 heavy (non-hydrogen) atoms. The van der Waals surface area contributed by atoms with Gasteiger partial charge < -0.3 is 10.2 Å². The Morgan fingerprint density at radius 2 is 0.875 bits per heavy atom. The van der Waals surface area contributed by atoms with Gasteiger partial charge in [0, 0.05) is 11.1 Å². The molecule has 1 aromatic carbocycles. The lowest BCUT2D eigenvalue weighted by atomic mass is 10.1. The smallest absolute Gasteiger partial charge is 0.204 e. The molecular formula is C12H20F2O2. The van der Waals surface area contributed by atoms with Crippen molar-refractivity contribution in [3.63, 3.8) is 0 Å². The van der Waals surface area contributed by atoms with Crippen LogP contribution in [-0.4, -0.2) is 10.2 Å². The minimum atomic E-state index is -1.41. The van der Waals surface area contributed by atoms with Crippen molar-refractivity contribution >= 4 is 0 Å². The lowest BCUT2D eigenvalue weighted by Crippen LogP contribution is -1.93. The molecule has 2 N–H and O–H groups in total. The summed E-state index contributed by atoms with van der Waals surface area (Å²) in [6, 6.07) is 0. The number of phenols is 2. The Morgan fingerprint density at radius 3 is 1.06 bits per heavy atom. The van der Waals surface area contributed by atoms with Gasteiger partial charge in [-0.2, -0.15) is 8.78 Å². The van der Waals surface area contributed by atoms with Gasteiger partial charge in [0.2, 0.25) is 11.6 Å². The fourth-order valence-electron chi connectivity index (χ4n) is 0.892.